The third-order valence-corrected chi connectivity index (χ3v) is 6.84. The number of fused-ring (bicyclic) bond motifs is 1. The number of nitrogens with one attached hydrogen (secondary N) is 1. The van der Waals surface area contributed by atoms with Crippen LogP contribution >= 0.6 is 0 Å². The highest BCUT2D eigenvalue weighted by Gasteiger charge is 2.26. The predicted molar refractivity (Wildman–Crippen MR) is 128 cm³/mol. The minimum Gasteiger partial charge on any atom is -0.337 e. The Morgan fingerprint density at radius 3 is 2.63 bits per heavy atom. The van der Waals surface area contributed by atoms with Crippen molar-refractivity contribution in [3.8, 4) is 0 Å². The summed E-state index contributed by atoms with van der Waals surface area (Å²) in [7, 11) is 0. The van der Waals surface area contributed by atoms with Crippen molar-refractivity contribution in [3.05, 3.63) is 85.7 Å². The maximum atomic E-state index is 14.7. The summed E-state index contributed by atoms with van der Waals surface area (Å²) in [5.41, 5.74) is 1.16. The fourth-order valence-corrected chi connectivity index (χ4v) is 4.91. The lowest BCUT2D eigenvalue weighted by atomic mass is 9.88. The Balaban J connectivity index is 1.36. The van der Waals surface area contributed by atoms with Crippen molar-refractivity contribution < 1.29 is 9.18 Å². The summed E-state index contributed by atoms with van der Waals surface area (Å²) < 4.78 is 16.3. The molecule has 1 amide bonds. The minimum absolute atomic E-state index is 0.0214. The average molecular weight is 479 g/mol. The molecule has 0 bridgehead atoms. The van der Waals surface area contributed by atoms with Crippen LogP contribution in [0.3, 0.4) is 0 Å². The quantitative estimate of drug-likeness (QED) is 0.611. The van der Waals surface area contributed by atoms with Crippen LogP contribution in [0.25, 0.3) is 0 Å². The third-order valence-electron chi connectivity index (χ3n) is 6.84. The molecule has 1 saturated heterocycles. The van der Waals surface area contributed by atoms with Crippen molar-refractivity contribution >= 4 is 11.9 Å². The average Bonchev–Trinajstić information content (AvgIpc) is 2.88. The fourth-order valence-electron chi connectivity index (χ4n) is 4.91. The number of halogens is 1. The Morgan fingerprint density at radius 1 is 1.14 bits per heavy atom. The molecule has 3 heterocycles. The summed E-state index contributed by atoms with van der Waals surface area (Å²) >= 11 is 0. The van der Waals surface area contributed by atoms with Crippen molar-refractivity contribution in [1.29, 1.82) is 0 Å². The monoisotopic (exact) mass is 478 g/mol. The molecule has 5 rings (SSSR count). The number of nitrogens with zero attached hydrogens (tertiary/aromatic N) is 5. The molecule has 1 atom stereocenters. The van der Waals surface area contributed by atoms with Crippen molar-refractivity contribution in [2.45, 2.75) is 32.7 Å². The van der Waals surface area contributed by atoms with Gasteiger partial charge in [0.2, 0.25) is 5.95 Å². The second-order valence-corrected chi connectivity index (χ2v) is 9.26. The van der Waals surface area contributed by atoms with E-state index in [9.17, 15) is 18.8 Å². The van der Waals surface area contributed by atoms with Gasteiger partial charge in [-0.2, -0.15) is 0 Å². The first kappa shape index (κ1) is 22.9. The molecule has 1 aliphatic carbocycles. The minimum atomic E-state index is -0.600. The number of rotatable bonds is 4. The van der Waals surface area contributed by atoms with Gasteiger partial charge in [-0.15, -0.1) is 0 Å². The van der Waals surface area contributed by atoms with E-state index >= 15 is 0 Å². The standard InChI is InChI=1S/C25H27FN6O3/c1-16-3-6-21-19(13-16)22(33)29-25(35)32(21)15-17-4-5-20(26)18(14-17)23(34)30-9-11-31(12-10-30)24-27-7-2-8-28-24/h2,4-5,7-8,14,16H,3,6,9-13,15H2,1H3,(H,29,33,35). The Hall–Kier alpha value is -3.82. The molecule has 35 heavy (non-hydrogen) atoms. The first-order chi connectivity index (χ1) is 16.9. The van der Waals surface area contributed by atoms with Crippen LogP contribution in [0.4, 0.5) is 10.3 Å². The Bertz CT molecular complexity index is 1360. The smallest absolute Gasteiger partial charge is 0.328 e. The molecule has 0 saturated carbocycles. The number of carbonyl (C=O) groups excluding carboxylic acids is 1. The molecule has 1 aromatic carbocycles. The van der Waals surface area contributed by atoms with E-state index in [0.717, 1.165) is 12.1 Å². The van der Waals surface area contributed by atoms with E-state index < -0.39 is 11.5 Å². The van der Waals surface area contributed by atoms with Crippen molar-refractivity contribution in [2.75, 3.05) is 31.1 Å². The number of hydrogen-bond donors (Lipinski definition) is 1. The van der Waals surface area contributed by atoms with Crippen LogP contribution < -0.4 is 16.1 Å². The maximum absolute atomic E-state index is 14.7. The molecule has 1 fully saturated rings. The molecular weight excluding hydrogens is 451 g/mol. The highest BCUT2D eigenvalue weighted by molar-refractivity contribution is 5.94. The van der Waals surface area contributed by atoms with E-state index in [0.29, 0.717) is 62.0 Å². The van der Waals surface area contributed by atoms with E-state index in [1.165, 1.54) is 12.1 Å². The number of hydrogen-bond acceptors (Lipinski definition) is 6. The van der Waals surface area contributed by atoms with Crippen LogP contribution in [0.15, 0.2) is 46.2 Å². The van der Waals surface area contributed by atoms with Crippen LogP contribution in [0.5, 0.6) is 0 Å². The lowest BCUT2D eigenvalue weighted by Gasteiger charge is -2.34. The zero-order valence-electron chi connectivity index (χ0n) is 19.5. The molecule has 2 aromatic heterocycles. The van der Waals surface area contributed by atoms with E-state index in [1.807, 2.05) is 4.90 Å². The fraction of sp³-hybridized carbons (Fsp3) is 0.400. The van der Waals surface area contributed by atoms with Crippen LogP contribution in [-0.4, -0.2) is 56.5 Å². The normalized spacial score (nSPS) is 17.8. The Kier molecular flexibility index (Phi) is 6.19. The molecular formula is C25H27FN6O3. The Morgan fingerprint density at radius 2 is 1.89 bits per heavy atom. The van der Waals surface area contributed by atoms with Gasteiger partial charge in [0.25, 0.3) is 11.5 Å². The topological polar surface area (TPSA) is 104 Å². The van der Waals surface area contributed by atoms with Gasteiger partial charge in [0.05, 0.1) is 12.1 Å². The number of carbonyl (C=O) groups is 1. The number of amides is 1. The highest BCUT2D eigenvalue weighted by Crippen LogP contribution is 2.23. The number of aromatic amines is 1. The van der Waals surface area contributed by atoms with E-state index in [2.05, 4.69) is 21.9 Å². The summed E-state index contributed by atoms with van der Waals surface area (Å²) in [6, 6.07) is 6.10. The SMILES string of the molecule is CC1CCc2c(c(=O)[nH]c(=O)n2Cc2ccc(F)c(C(=O)N3CCN(c4ncccn4)CC3)c2)C1. The largest absolute Gasteiger partial charge is 0.337 e. The predicted octanol–water partition coefficient (Wildman–Crippen LogP) is 1.60. The lowest BCUT2D eigenvalue weighted by Crippen LogP contribution is -2.49. The molecule has 3 aromatic rings. The first-order valence-corrected chi connectivity index (χ1v) is 11.8. The Labute approximate surface area is 201 Å². The van der Waals surface area contributed by atoms with Gasteiger partial charge >= 0.3 is 5.69 Å². The number of H-pyrrole nitrogens is 1. The van der Waals surface area contributed by atoms with Gasteiger partial charge in [0, 0.05) is 49.8 Å². The van der Waals surface area contributed by atoms with Gasteiger partial charge in [0.15, 0.2) is 0 Å². The summed E-state index contributed by atoms with van der Waals surface area (Å²) in [6.07, 6.45) is 5.50. The number of anilines is 1. The van der Waals surface area contributed by atoms with Crippen molar-refractivity contribution in [2.24, 2.45) is 5.92 Å². The van der Waals surface area contributed by atoms with Crippen molar-refractivity contribution in [3.63, 3.8) is 0 Å². The molecule has 2 aliphatic rings. The zero-order chi connectivity index (χ0) is 24.5. The van der Waals surface area contributed by atoms with Crippen LogP contribution in [0.2, 0.25) is 0 Å². The molecule has 0 radical (unpaired) electrons. The molecule has 1 N–H and O–H groups in total. The lowest BCUT2D eigenvalue weighted by molar-refractivity contribution is 0.0741. The van der Waals surface area contributed by atoms with Crippen molar-refractivity contribution in [1.82, 2.24) is 24.4 Å². The summed E-state index contributed by atoms with van der Waals surface area (Å²) in [5, 5.41) is 0. The number of piperazine rings is 1. The van der Waals surface area contributed by atoms with Crippen LogP contribution in [-0.2, 0) is 19.4 Å². The van der Waals surface area contributed by atoms with E-state index in [4.69, 9.17) is 0 Å². The van der Waals surface area contributed by atoms with Gasteiger partial charge in [-0.1, -0.05) is 13.0 Å². The molecule has 182 valence electrons. The van der Waals surface area contributed by atoms with Crippen LogP contribution in [0.1, 0.15) is 40.5 Å². The third kappa shape index (κ3) is 4.60. The van der Waals surface area contributed by atoms with Crippen LogP contribution in [0, 0.1) is 11.7 Å². The highest BCUT2D eigenvalue weighted by atomic mass is 19.1. The van der Waals surface area contributed by atoms with E-state index in [1.54, 1.807) is 34.0 Å². The zero-order valence-corrected chi connectivity index (χ0v) is 19.5. The molecule has 10 heteroatoms. The van der Waals surface area contributed by atoms with E-state index in [-0.39, 0.29) is 23.6 Å². The number of benzene rings is 1. The maximum Gasteiger partial charge on any atom is 0.328 e. The van der Waals surface area contributed by atoms with Gasteiger partial charge in [-0.3, -0.25) is 19.1 Å². The van der Waals surface area contributed by atoms with Gasteiger partial charge < -0.3 is 9.80 Å². The second-order valence-electron chi connectivity index (χ2n) is 9.26. The second kappa shape index (κ2) is 9.44. The van der Waals surface area contributed by atoms with Gasteiger partial charge in [-0.25, -0.2) is 19.2 Å². The summed E-state index contributed by atoms with van der Waals surface area (Å²) in [6.45, 7) is 4.19. The molecule has 1 aliphatic heterocycles. The molecule has 1 unspecified atom stereocenters. The molecule has 9 nitrogen and oxygen atoms in total. The number of aromatic nitrogens is 4. The summed E-state index contributed by atoms with van der Waals surface area (Å²) in [5.74, 6) is -0.00439. The first-order valence-electron chi connectivity index (χ1n) is 11.8. The molecule has 0 spiro atoms. The van der Waals surface area contributed by atoms with Gasteiger partial charge in [-0.05, 0) is 48.9 Å². The summed E-state index contributed by atoms with van der Waals surface area (Å²) in [4.78, 5) is 52.6. The van der Waals surface area contributed by atoms with Gasteiger partial charge in [0.1, 0.15) is 5.82 Å².